The van der Waals surface area contributed by atoms with E-state index in [1.54, 1.807) is 13.3 Å². The molecular formula is C22H24N4O3. The summed E-state index contributed by atoms with van der Waals surface area (Å²) in [4.78, 5) is 19.2. The number of para-hydroxylation sites is 1. The van der Waals surface area contributed by atoms with Gasteiger partial charge in [-0.1, -0.05) is 24.3 Å². The van der Waals surface area contributed by atoms with Crippen LogP contribution < -0.4 is 4.74 Å². The Morgan fingerprint density at radius 3 is 2.90 bits per heavy atom. The van der Waals surface area contributed by atoms with Gasteiger partial charge in [0, 0.05) is 36.5 Å². The van der Waals surface area contributed by atoms with Gasteiger partial charge in [-0.3, -0.25) is 14.9 Å². The Balaban J connectivity index is 1.37. The van der Waals surface area contributed by atoms with Crippen LogP contribution in [0.1, 0.15) is 23.8 Å². The minimum absolute atomic E-state index is 0.124. The molecule has 1 amide bonds. The van der Waals surface area contributed by atoms with Crippen LogP contribution in [0.5, 0.6) is 5.75 Å². The molecule has 3 aromatic rings. The summed E-state index contributed by atoms with van der Waals surface area (Å²) >= 11 is 0. The van der Waals surface area contributed by atoms with Crippen LogP contribution in [0.2, 0.25) is 0 Å². The maximum Gasteiger partial charge on any atom is 0.223 e. The molecule has 4 rings (SSSR count). The van der Waals surface area contributed by atoms with Crippen LogP contribution in [0.3, 0.4) is 0 Å². The molecule has 0 saturated carbocycles. The van der Waals surface area contributed by atoms with Gasteiger partial charge in [-0.15, -0.1) is 0 Å². The highest BCUT2D eigenvalue weighted by Gasteiger charge is 2.26. The van der Waals surface area contributed by atoms with Crippen LogP contribution in [0.25, 0.3) is 11.1 Å². The van der Waals surface area contributed by atoms with Crippen molar-refractivity contribution >= 4 is 5.91 Å². The summed E-state index contributed by atoms with van der Waals surface area (Å²) < 4.78 is 11.3. The predicted octanol–water partition coefficient (Wildman–Crippen LogP) is 3.01. The van der Waals surface area contributed by atoms with Crippen molar-refractivity contribution in [2.24, 2.45) is 0 Å². The molecule has 0 aliphatic carbocycles. The van der Waals surface area contributed by atoms with Crippen molar-refractivity contribution in [2.45, 2.75) is 18.9 Å². The van der Waals surface area contributed by atoms with E-state index in [1.165, 1.54) is 0 Å². The van der Waals surface area contributed by atoms with E-state index in [0.29, 0.717) is 32.5 Å². The Hall–Kier alpha value is -3.19. The second kappa shape index (κ2) is 8.87. The number of aromatic nitrogens is 3. The van der Waals surface area contributed by atoms with E-state index in [2.05, 4.69) is 15.2 Å². The Morgan fingerprint density at radius 2 is 2.14 bits per heavy atom. The summed E-state index contributed by atoms with van der Waals surface area (Å²) in [5, 5.41) is 6.76. The number of hydrogen-bond donors (Lipinski definition) is 1. The smallest absolute Gasteiger partial charge is 0.223 e. The van der Waals surface area contributed by atoms with Gasteiger partial charge in [0.15, 0.2) is 0 Å². The van der Waals surface area contributed by atoms with Gasteiger partial charge in [-0.05, 0) is 24.1 Å². The third-order valence-electron chi connectivity index (χ3n) is 5.17. The molecule has 1 saturated heterocycles. The molecule has 0 bridgehead atoms. The maximum atomic E-state index is 12.8. The van der Waals surface area contributed by atoms with E-state index in [-0.39, 0.29) is 12.0 Å². The number of rotatable bonds is 6. The lowest BCUT2D eigenvalue weighted by molar-refractivity contribution is -0.139. The van der Waals surface area contributed by atoms with Gasteiger partial charge in [-0.25, -0.2) is 0 Å². The van der Waals surface area contributed by atoms with Gasteiger partial charge >= 0.3 is 0 Å². The molecule has 3 heterocycles. The molecule has 0 unspecified atom stereocenters. The zero-order valence-electron chi connectivity index (χ0n) is 16.4. The molecule has 1 N–H and O–H groups in total. The standard InChI is InChI=1S/C22H24N4O3/c1-28-20-5-3-2-4-16(20)7-9-22(27)26-10-11-29-21(15-26)19-8-6-17(12-23-19)18-13-24-25-14-18/h2-6,8,12-14,21H,7,9-11,15H2,1H3,(H,24,25)/t21-/m0/s1. The zero-order chi connectivity index (χ0) is 20.1. The number of hydrogen-bond acceptors (Lipinski definition) is 5. The van der Waals surface area contributed by atoms with E-state index >= 15 is 0 Å². The molecule has 0 spiro atoms. The first-order chi connectivity index (χ1) is 14.2. The van der Waals surface area contributed by atoms with Crippen molar-refractivity contribution in [2.75, 3.05) is 26.8 Å². The summed E-state index contributed by atoms with van der Waals surface area (Å²) in [6, 6.07) is 11.8. The first-order valence-corrected chi connectivity index (χ1v) is 9.71. The maximum absolute atomic E-state index is 12.8. The lowest BCUT2D eigenvalue weighted by Crippen LogP contribution is -2.42. The third-order valence-corrected chi connectivity index (χ3v) is 5.17. The fraction of sp³-hybridized carbons (Fsp3) is 0.318. The molecule has 1 aromatic carbocycles. The highest BCUT2D eigenvalue weighted by Crippen LogP contribution is 2.25. The lowest BCUT2D eigenvalue weighted by Gasteiger charge is -2.33. The summed E-state index contributed by atoms with van der Waals surface area (Å²) in [6.07, 6.45) is 6.29. The third kappa shape index (κ3) is 4.46. The normalized spacial score (nSPS) is 16.6. The second-order valence-corrected chi connectivity index (χ2v) is 6.97. The number of aryl methyl sites for hydroxylation is 1. The van der Waals surface area contributed by atoms with Crippen LogP contribution >= 0.6 is 0 Å². The fourth-order valence-corrected chi connectivity index (χ4v) is 3.54. The number of pyridine rings is 1. The van der Waals surface area contributed by atoms with Crippen LogP contribution in [-0.2, 0) is 16.0 Å². The monoisotopic (exact) mass is 392 g/mol. The molecule has 150 valence electrons. The topological polar surface area (TPSA) is 80.3 Å². The zero-order valence-corrected chi connectivity index (χ0v) is 16.4. The van der Waals surface area contributed by atoms with E-state index < -0.39 is 0 Å². The van der Waals surface area contributed by atoms with Crippen LogP contribution in [0.4, 0.5) is 0 Å². The number of morpholine rings is 1. The molecule has 7 nitrogen and oxygen atoms in total. The summed E-state index contributed by atoms with van der Waals surface area (Å²) in [5.74, 6) is 0.946. The molecule has 1 aliphatic heterocycles. The van der Waals surface area contributed by atoms with Gasteiger partial charge in [-0.2, -0.15) is 5.10 Å². The highest BCUT2D eigenvalue weighted by molar-refractivity contribution is 5.76. The molecule has 2 aromatic heterocycles. The lowest BCUT2D eigenvalue weighted by atomic mass is 10.1. The molecule has 1 aliphatic rings. The Morgan fingerprint density at radius 1 is 1.24 bits per heavy atom. The number of carbonyl (C=O) groups excluding carboxylic acids is 1. The molecular weight excluding hydrogens is 368 g/mol. The van der Waals surface area contributed by atoms with Crippen molar-refractivity contribution in [3.63, 3.8) is 0 Å². The van der Waals surface area contributed by atoms with Gasteiger partial charge in [0.1, 0.15) is 11.9 Å². The number of amides is 1. The minimum atomic E-state index is -0.211. The Bertz CT molecular complexity index is 941. The average Bonchev–Trinajstić information content (AvgIpc) is 3.33. The van der Waals surface area contributed by atoms with Crippen LogP contribution in [-0.4, -0.2) is 52.8 Å². The number of ether oxygens (including phenoxy) is 2. The molecule has 1 fully saturated rings. The van der Waals surface area contributed by atoms with Crippen molar-refractivity contribution in [3.8, 4) is 16.9 Å². The molecule has 7 heteroatoms. The first-order valence-electron chi connectivity index (χ1n) is 9.71. The number of nitrogens with one attached hydrogen (secondary N) is 1. The fourth-order valence-electron chi connectivity index (χ4n) is 3.54. The number of benzene rings is 1. The van der Waals surface area contributed by atoms with E-state index in [4.69, 9.17) is 9.47 Å². The minimum Gasteiger partial charge on any atom is -0.496 e. The number of methoxy groups -OCH3 is 1. The number of aromatic amines is 1. The number of carbonyl (C=O) groups is 1. The first kappa shape index (κ1) is 19.1. The number of H-pyrrole nitrogens is 1. The van der Waals surface area contributed by atoms with E-state index in [1.807, 2.05) is 53.7 Å². The van der Waals surface area contributed by atoms with Gasteiger partial charge in [0.2, 0.25) is 5.91 Å². The van der Waals surface area contributed by atoms with Crippen molar-refractivity contribution in [1.29, 1.82) is 0 Å². The van der Waals surface area contributed by atoms with E-state index in [0.717, 1.165) is 28.1 Å². The SMILES string of the molecule is COc1ccccc1CCC(=O)N1CCO[C@H](c2ccc(-c3cn[nH]c3)cn2)C1. The van der Waals surface area contributed by atoms with Crippen molar-refractivity contribution < 1.29 is 14.3 Å². The average molecular weight is 392 g/mol. The predicted molar refractivity (Wildman–Crippen MR) is 108 cm³/mol. The molecule has 0 radical (unpaired) electrons. The van der Waals surface area contributed by atoms with Crippen molar-refractivity contribution in [3.05, 3.63) is 66.2 Å². The largest absolute Gasteiger partial charge is 0.496 e. The molecule has 1 atom stereocenters. The van der Waals surface area contributed by atoms with Gasteiger partial charge in [0.25, 0.3) is 0 Å². The van der Waals surface area contributed by atoms with Crippen LogP contribution in [0, 0.1) is 0 Å². The highest BCUT2D eigenvalue weighted by atomic mass is 16.5. The summed E-state index contributed by atoms with van der Waals surface area (Å²) in [6.45, 7) is 1.63. The van der Waals surface area contributed by atoms with Crippen molar-refractivity contribution in [1.82, 2.24) is 20.1 Å². The van der Waals surface area contributed by atoms with Gasteiger partial charge in [0.05, 0.1) is 32.2 Å². The summed E-state index contributed by atoms with van der Waals surface area (Å²) in [7, 11) is 1.65. The number of nitrogens with zero attached hydrogens (tertiary/aromatic N) is 3. The summed E-state index contributed by atoms with van der Waals surface area (Å²) in [5.41, 5.74) is 3.86. The van der Waals surface area contributed by atoms with Crippen LogP contribution in [0.15, 0.2) is 55.0 Å². The second-order valence-electron chi connectivity index (χ2n) is 6.97. The van der Waals surface area contributed by atoms with Gasteiger partial charge < -0.3 is 14.4 Å². The van der Waals surface area contributed by atoms with E-state index in [9.17, 15) is 4.79 Å². The Kier molecular flexibility index (Phi) is 5.86. The Labute approximate surface area is 169 Å². The molecule has 29 heavy (non-hydrogen) atoms. The quantitative estimate of drug-likeness (QED) is 0.698.